The summed E-state index contributed by atoms with van der Waals surface area (Å²) in [6.45, 7) is 4.38. The van der Waals surface area contributed by atoms with Crippen LogP contribution >= 0.6 is 15.9 Å². The molecular formula is C15H15BrN4O2. The summed E-state index contributed by atoms with van der Waals surface area (Å²) in [6.07, 6.45) is 0. The number of nitrogens with zero attached hydrogens (tertiary/aromatic N) is 4. The van der Waals surface area contributed by atoms with E-state index in [0.29, 0.717) is 18.3 Å². The van der Waals surface area contributed by atoms with Crippen molar-refractivity contribution in [2.24, 2.45) is 0 Å². The minimum atomic E-state index is 0.440. The molecule has 0 aliphatic rings. The van der Waals surface area contributed by atoms with Crippen molar-refractivity contribution >= 4 is 15.9 Å². The number of aromatic nitrogens is 4. The van der Waals surface area contributed by atoms with E-state index in [2.05, 4.69) is 31.2 Å². The Bertz CT molecular complexity index is 810. The van der Waals surface area contributed by atoms with Gasteiger partial charge in [-0.15, -0.1) is 0 Å². The molecule has 3 aromatic rings. The van der Waals surface area contributed by atoms with Gasteiger partial charge in [0.1, 0.15) is 12.3 Å². The molecular weight excluding hydrogens is 348 g/mol. The molecule has 0 unspecified atom stereocenters. The molecule has 114 valence electrons. The molecule has 0 amide bonds. The predicted octanol–water partition coefficient (Wildman–Crippen LogP) is 3.37. The van der Waals surface area contributed by atoms with E-state index in [4.69, 9.17) is 9.26 Å². The minimum Gasteiger partial charge on any atom is -0.497 e. The van der Waals surface area contributed by atoms with E-state index in [1.54, 1.807) is 7.11 Å². The van der Waals surface area contributed by atoms with Crippen LogP contribution < -0.4 is 4.74 Å². The van der Waals surface area contributed by atoms with Gasteiger partial charge in [-0.1, -0.05) is 17.3 Å². The number of aryl methyl sites for hydroxylation is 1. The maximum absolute atomic E-state index is 5.32. The SMILES string of the molecule is COc1cccc(-c2noc(Cn3nc(C)c(Br)c3C)n2)c1. The first-order chi connectivity index (χ1) is 10.6. The average molecular weight is 363 g/mol. The van der Waals surface area contributed by atoms with Crippen molar-refractivity contribution < 1.29 is 9.26 Å². The lowest BCUT2D eigenvalue weighted by molar-refractivity contribution is 0.364. The molecule has 7 heteroatoms. The summed E-state index contributed by atoms with van der Waals surface area (Å²) >= 11 is 3.51. The van der Waals surface area contributed by atoms with E-state index in [9.17, 15) is 0 Å². The lowest BCUT2D eigenvalue weighted by atomic mass is 10.2. The molecule has 3 rings (SSSR count). The average Bonchev–Trinajstić information content (AvgIpc) is 3.09. The first-order valence-electron chi connectivity index (χ1n) is 6.75. The molecule has 0 fully saturated rings. The molecule has 0 spiro atoms. The monoisotopic (exact) mass is 362 g/mol. The highest BCUT2D eigenvalue weighted by atomic mass is 79.9. The number of rotatable bonds is 4. The van der Waals surface area contributed by atoms with Gasteiger partial charge < -0.3 is 9.26 Å². The molecule has 0 atom stereocenters. The van der Waals surface area contributed by atoms with E-state index in [1.165, 1.54) is 0 Å². The molecule has 2 heterocycles. The normalized spacial score (nSPS) is 10.9. The molecule has 22 heavy (non-hydrogen) atoms. The van der Waals surface area contributed by atoms with Gasteiger partial charge in [-0.05, 0) is 41.9 Å². The van der Waals surface area contributed by atoms with Crippen molar-refractivity contribution in [1.29, 1.82) is 0 Å². The zero-order chi connectivity index (χ0) is 15.7. The van der Waals surface area contributed by atoms with Gasteiger partial charge in [-0.3, -0.25) is 4.68 Å². The second kappa shape index (κ2) is 5.92. The third-order valence-corrected chi connectivity index (χ3v) is 4.52. The Morgan fingerprint density at radius 3 is 2.82 bits per heavy atom. The van der Waals surface area contributed by atoms with Gasteiger partial charge in [-0.25, -0.2) is 0 Å². The van der Waals surface area contributed by atoms with Gasteiger partial charge in [0.05, 0.1) is 23.0 Å². The fourth-order valence-electron chi connectivity index (χ4n) is 2.16. The third-order valence-electron chi connectivity index (χ3n) is 3.37. The first kappa shape index (κ1) is 14.8. The summed E-state index contributed by atoms with van der Waals surface area (Å²) in [5.41, 5.74) is 2.81. The number of ether oxygens (including phenoxy) is 1. The number of benzene rings is 1. The van der Waals surface area contributed by atoms with Crippen molar-refractivity contribution in [3.63, 3.8) is 0 Å². The van der Waals surface area contributed by atoms with Crippen LogP contribution in [0.2, 0.25) is 0 Å². The highest BCUT2D eigenvalue weighted by molar-refractivity contribution is 9.10. The van der Waals surface area contributed by atoms with Crippen LogP contribution in [0.1, 0.15) is 17.3 Å². The molecule has 1 aromatic carbocycles. The highest BCUT2D eigenvalue weighted by Crippen LogP contribution is 2.23. The molecule has 0 saturated carbocycles. The van der Waals surface area contributed by atoms with Gasteiger partial charge in [0.15, 0.2) is 0 Å². The van der Waals surface area contributed by atoms with Crippen molar-refractivity contribution in [3.8, 4) is 17.1 Å². The van der Waals surface area contributed by atoms with E-state index in [0.717, 1.165) is 27.2 Å². The van der Waals surface area contributed by atoms with Crippen LogP contribution in [0.25, 0.3) is 11.4 Å². The number of hydrogen-bond donors (Lipinski definition) is 0. The Balaban J connectivity index is 1.85. The lowest BCUT2D eigenvalue weighted by Gasteiger charge is -2.00. The summed E-state index contributed by atoms with van der Waals surface area (Å²) in [5, 5.41) is 8.46. The smallest absolute Gasteiger partial charge is 0.248 e. The van der Waals surface area contributed by atoms with Crippen LogP contribution in [-0.2, 0) is 6.54 Å². The topological polar surface area (TPSA) is 66.0 Å². The fraction of sp³-hybridized carbons (Fsp3) is 0.267. The third kappa shape index (κ3) is 2.76. The van der Waals surface area contributed by atoms with Crippen LogP contribution in [0, 0.1) is 13.8 Å². The standard InChI is InChI=1S/C15H15BrN4O2/c1-9-14(16)10(2)20(18-9)8-13-17-15(19-22-13)11-5-4-6-12(7-11)21-3/h4-7H,8H2,1-3H3. The van der Waals surface area contributed by atoms with Crippen LogP contribution in [0.3, 0.4) is 0 Å². The molecule has 0 bridgehead atoms. The van der Waals surface area contributed by atoms with Crippen molar-refractivity contribution in [2.45, 2.75) is 20.4 Å². The summed E-state index contributed by atoms with van der Waals surface area (Å²) < 4.78 is 13.4. The van der Waals surface area contributed by atoms with Gasteiger partial charge >= 0.3 is 0 Å². The maximum atomic E-state index is 5.32. The fourth-order valence-corrected chi connectivity index (χ4v) is 2.44. The van der Waals surface area contributed by atoms with Gasteiger partial charge in [0, 0.05) is 5.56 Å². The summed E-state index contributed by atoms with van der Waals surface area (Å²) in [5.74, 6) is 1.80. The zero-order valence-corrected chi connectivity index (χ0v) is 14.1. The predicted molar refractivity (Wildman–Crippen MR) is 84.8 cm³/mol. The van der Waals surface area contributed by atoms with Crippen molar-refractivity contribution in [1.82, 2.24) is 19.9 Å². The van der Waals surface area contributed by atoms with Gasteiger partial charge in [-0.2, -0.15) is 10.1 Å². The second-order valence-corrected chi connectivity index (χ2v) is 5.68. The first-order valence-corrected chi connectivity index (χ1v) is 7.54. The lowest BCUT2D eigenvalue weighted by Crippen LogP contribution is -2.04. The quantitative estimate of drug-likeness (QED) is 0.711. The number of methoxy groups -OCH3 is 1. The van der Waals surface area contributed by atoms with Crippen LogP contribution in [0.5, 0.6) is 5.75 Å². The van der Waals surface area contributed by atoms with Gasteiger partial charge in [0.2, 0.25) is 11.7 Å². The van der Waals surface area contributed by atoms with E-state index in [-0.39, 0.29) is 0 Å². The second-order valence-electron chi connectivity index (χ2n) is 4.89. The maximum Gasteiger partial charge on any atom is 0.248 e. The van der Waals surface area contributed by atoms with Crippen LogP contribution in [-0.4, -0.2) is 27.0 Å². The summed E-state index contributed by atoms with van der Waals surface area (Å²) in [7, 11) is 1.63. The highest BCUT2D eigenvalue weighted by Gasteiger charge is 2.14. The van der Waals surface area contributed by atoms with Crippen molar-refractivity contribution in [3.05, 3.63) is 46.0 Å². The van der Waals surface area contributed by atoms with E-state index >= 15 is 0 Å². The molecule has 0 aliphatic carbocycles. The van der Waals surface area contributed by atoms with Crippen LogP contribution in [0.4, 0.5) is 0 Å². The van der Waals surface area contributed by atoms with Crippen molar-refractivity contribution in [2.75, 3.05) is 7.11 Å². The van der Waals surface area contributed by atoms with E-state index < -0.39 is 0 Å². The molecule has 6 nitrogen and oxygen atoms in total. The Kier molecular flexibility index (Phi) is 3.98. The largest absolute Gasteiger partial charge is 0.497 e. The molecule has 0 saturated heterocycles. The molecule has 2 aromatic heterocycles. The number of hydrogen-bond acceptors (Lipinski definition) is 5. The molecule has 0 aliphatic heterocycles. The van der Waals surface area contributed by atoms with E-state index in [1.807, 2.05) is 42.8 Å². The Morgan fingerprint density at radius 2 is 2.14 bits per heavy atom. The molecule has 0 N–H and O–H groups in total. The summed E-state index contributed by atoms with van der Waals surface area (Å²) in [6, 6.07) is 7.55. The Hall–Kier alpha value is -2.15. The van der Waals surface area contributed by atoms with Crippen LogP contribution in [0.15, 0.2) is 33.3 Å². The Labute approximate surface area is 136 Å². The molecule has 0 radical (unpaired) electrons. The van der Waals surface area contributed by atoms with Gasteiger partial charge in [0.25, 0.3) is 0 Å². The zero-order valence-electron chi connectivity index (χ0n) is 12.5. The minimum absolute atomic E-state index is 0.440. The number of halogens is 1. The summed E-state index contributed by atoms with van der Waals surface area (Å²) in [4.78, 5) is 4.42. The Morgan fingerprint density at radius 1 is 1.32 bits per heavy atom.